The molecular formula is C21H30O4. The highest BCUT2D eigenvalue weighted by atomic mass is 16.5. The summed E-state index contributed by atoms with van der Waals surface area (Å²) in [5.41, 5.74) is 1.12. The van der Waals surface area contributed by atoms with Crippen molar-refractivity contribution in [1.29, 1.82) is 0 Å². The summed E-state index contributed by atoms with van der Waals surface area (Å²) in [4.78, 5) is 12.6. The zero-order valence-electron chi connectivity index (χ0n) is 15.9. The van der Waals surface area contributed by atoms with Gasteiger partial charge in [0.25, 0.3) is 0 Å². The van der Waals surface area contributed by atoms with Crippen LogP contribution in [0, 0.1) is 11.3 Å². The van der Waals surface area contributed by atoms with E-state index in [0.29, 0.717) is 6.42 Å². The Labute approximate surface area is 150 Å². The van der Waals surface area contributed by atoms with Crippen LogP contribution in [0.5, 0.6) is 0 Å². The van der Waals surface area contributed by atoms with E-state index in [1.807, 2.05) is 25.1 Å². The van der Waals surface area contributed by atoms with Gasteiger partial charge >= 0.3 is 5.97 Å². The third-order valence-corrected chi connectivity index (χ3v) is 6.77. The molecule has 0 amide bonds. The first-order chi connectivity index (χ1) is 11.5. The van der Waals surface area contributed by atoms with Crippen LogP contribution >= 0.6 is 0 Å². The van der Waals surface area contributed by atoms with Gasteiger partial charge in [0.15, 0.2) is 0 Å². The number of fused-ring (bicyclic) bond motifs is 3. The molecular weight excluding hydrogens is 316 g/mol. The van der Waals surface area contributed by atoms with E-state index in [-0.39, 0.29) is 17.3 Å². The summed E-state index contributed by atoms with van der Waals surface area (Å²) in [5.74, 6) is -0.135. The number of benzene rings is 1. The van der Waals surface area contributed by atoms with Crippen LogP contribution in [0.1, 0.15) is 76.2 Å². The zero-order valence-corrected chi connectivity index (χ0v) is 15.9. The second-order valence-corrected chi connectivity index (χ2v) is 8.85. The number of hydrogen-bond donors (Lipinski definition) is 2. The minimum Gasteiger partial charge on any atom is -0.469 e. The Hall–Kier alpha value is -1.39. The predicted octanol–water partition coefficient (Wildman–Crippen LogP) is 3.59. The second-order valence-electron chi connectivity index (χ2n) is 8.85. The monoisotopic (exact) mass is 346 g/mol. The highest BCUT2D eigenvalue weighted by Crippen LogP contribution is 2.59. The number of carbonyl (C=O) groups excluding carboxylic acids is 1. The first-order valence-electron chi connectivity index (χ1n) is 9.18. The summed E-state index contributed by atoms with van der Waals surface area (Å²) in [6.07, 6.45) is 2.67. The van der Waals surface area contributed by atoms with Crippen molar-refractivity contribution in [3.63, 3.8) is 0 Å². The van der Waals surface area contributed by atoms with E-state index < -0.39 is 17.1 Å². The van der Waals surface area contributed by atoms with Gasteiger partial charge in [-0.3, -0.25) is 4.79 Å². The number of esters is 1. The van der Waals surface area contributed by atoms with Gasteiger partial charge in [0, 0.05) is 0 Å². The zero-order chi connectivity index (χ0) is 18.6. The van der Waals surface area contributed by atoms with Gasteiger partial charge in [0.1, 0.15) is 0 Å². The normalized spacial score (nSPS) is 34.8. The van der Waals surface area contributed by atoms with Crippen molar-refractivity contribution in [2.75, 3.05) is 7.11 Å². The summed E-state index contributed by atoms with van der Waals surface area (Å²) >= 11 is 0. The van der Waals surface area contributed by atoms with E-state index in [2.05, 4.69) is 6.92 Å². The Morgan fingerprint density at radius 1 is 1.28 bits per heavy atom. The lowest BCUT2D eigenvalue weighted by Crippen LogP contribution is -2.53. The average molecular weight is 346 g/mol. The summed E-state index contributed by atoms with van der Waals surface area (Å²) in [5, 5.41) is 21.2. The molecule has 2 aliphatic rings. The van der Waals surface area contributed by atoms with E-state index in [1.54, 1.807) is 13.8 Å². The lowest BCUT2D eigenvalue weighted by molar-refractivity contribution is -0.162. The molecule has 0 heterocycles. The Kier molecular flexibility index (Phi) is 4.28. The number of aliphatic hydroxyl groups excluding tert-OH is 1. The number of rotatable bonds is 2. The third-order valence-electron chi connectivity index (χ3n) is 6.77. The number of methoxy groups -OCH3 is 1. The first-order valence-corrected chi connectivity index (χ1v) is 9.18. The molecule has 0 aliphatic heterocycles. The Balaban J connectivity index is 2.13. The lowest BCUT2D eigenvalue weighted by Gasteiger charge is -2.55. The van der Waals surface area contributed by atoms with Gasteiger partial charge in [-0.25, -0.2) is 0 Å². The minimum atomic E-state index is -0.945. The molecule has 0 saturated heterocycles. The maximum atomic E-state index is 12.6. The summed E-state index contributed by atoms with van der Waals surface area (Å²) in [6, 6.07) is 5.93. The van der Waals surface area contributed by atoms with Gasteiger partial charge in [-0.05, 0) is 68.1 Å². The van der Waals surface area contributed by atoms with Crippen LogP contribution in [0.25, 0.3) is 0 Å². The molecule has 0 radical (unpaired) electrons. The van der Waals surface area contributed by atoms with E-state index in [4.69, 9.17) is 4.74 Å². The number of carbonyl (C=O) groups is 1. The van der Waals surface area contributed by atoms with E-state index in [9.17, 15) is 15.0 Å². The van der Waals surface area contributed by atoms with Crippen LogP contribution in [-0.2, 0) is 20.5 Å². The standard InChI is InChI=1S/C21H30O4/c1-19(2,24)13-7-8-15-14(11-13)16(22)12-17-20(15,3)9-6-10-21(17,4)18(23)25-5/h7-8,11,16-17,22,24H,6,9-10,12H2,1-5H3/t16-,17+,20+,21+/m0/s1. The molecule has 2 N–H and O–H groups in total. The lowest BCUT2D eigenvalue weighted by atomic mass is 9.49. The SMILES string of the molecule is COC(=O)[C@]1(C)CCC[C@]2(C)c3ccc(C(C)(C)O)cc3[C@@H](O)C[C@@H]12. The molecule has 1 saturated carbocycles. The Morgan fingerprint density at radius 2 is 1.96 bits per heavy atom. The molecule has 3 rings (SSSR count). The highest BCUT2D eigenvalue weighted by molar-refractivity contribution is 5.77. The van der Waals surface area contributed by atoms with E-state index >= 15 is 0 Å². The van der Waals surface area contributed by atoms with Gasteiger partial charge in [0.2, 0.25) is 0 Å². The summed E-state index contributed by atoms with van der Waals surface area (Å²) in [7, 11) is 1.45. The fourth-order valence-corrected chi connectivity index (χ4v) is 5.28. The maximum Gasteiger partial charge on any atom is 0.311 e. The molecule has 0 bridgehead atoms. The summed E-state index contributed by atoms with van der Waals surface area (Å²) in [6.45, 7) is 7.71. The molecule has 2 aliphatic carbocycles. The van der Waals surface area contributed by atoms with Crippen molar-refractivity contribution in [1.82, 2.24) is 0 Å². The maximum absolute atomic E-state index is 12.6. The molecule has 0 aromatic heterocycles. The summed E-state index contributed by atoms with van der Waals surface area (Å²) < 4.78 is 5.12. The van der Waals surface area contributed by atoms with Crippen LogP contribution in [0.4, 0.5) is 0 Å². The molecule has 1 aromatic rings. The van der Waals surface area contributed by atoms with Gasteiger partial charge in [-0.2, -0.15) is 0 Å². The molecule has 4 atom stereocenters. The van der Waals surface area contributed by atoms with Crippen molar-refractivity contribution in [3.05, 3.63) is 34.9 Å². The quantitative estimate of drug-likeness (QED) is 0.803. The smallest absolute Gasteiger partial charge is 0.311 e. The van der Waals surface area contributed by atoms with Crippen LogP contribution < -0.4 is 0 Å². The predicted molar refractivity (Wildman–Crippen MR) is 96.1 cm³/mol. The van der Waals surface area contributed by atoms with Gasteiger partial charge in [0.05, 0.1) is 24.2 Å². The Bertz CT molecular complexity index is 690. The molecule has 0 unspecified atom stereocenters. The van der Waals surface area contributed by atoms with Crippen LogP contribution in [0.3, 0.4) is 0 Å². The topological polar surface area (TPSA) is 66.8 Å². The molecule has 138 valence electrons. The molecule has 1 aromatic carbocycles. The van der Waals surface area contributed by atoms with E-state index in [1.165, 1.54) is 7.11 Å². The fourth-order valence-electron chi connectivity index (χ4n) is 5.28. The Morgan fingerprint density at radius 3 is 2.56 bits per heavy atom. The van der Waals surface area contributed by atoms with Crippen molar-refractivity contribution >= 4 is 5.97 Å². The first kappa shape index (κ1) is 18.4. The molecule has 1 fully saturated rings. The van der Waals surface area contributed by atoms with Gasteiger partial charge in [-0.15, -0.1) is 0 Å². The second kappa shape index (κ2) is 5.82. The molecule has 0 spiro atoms. The van der Waals surface area contributed by atoms with Crippen molar-refractivity contribution in [3.8, 4) is 0 Å². The third kappa shape index (κ3) is 2.70. The van der Waals surface area contributed by atoms with Gasteiger partial charge < -0.3 is 14.9 Å². The highest BCUT2D eigenvalue weighted by Gasteiger charge is 2.57. The number of aliphatic hydroxyl groups is 2. The van der Waals surface area contributed by atoms with Crippen molar-refractivity contribution in [2.45, 2.75) is 70.5 Å². The van der Waals surface area contributed by atoms with Crippen LogP contribution in [-0.4, -0.2) is 23.3 Å². The van der Waals surface area contributed by atoms with Crippen LogP contribution in [0.2, 0.25) is 0 Å². The minimum absolute atomic E-state index is 0.0386. The molecule has 25 heavy (non-hydrogen) atoms. The molecule has 4 nitrogen and oxygen atoms in total. The van der Waals surface area contributed by atoms with E-state index in [0.717, 1.165) is 36.0 Å². The number of hydrogen-bond acceptors (Lipinski definition) is 4. The molecule has 4 heteroatoms. The average Bonchev–Trinajstić information content (AvgIpc) is 2.55. The van der Waals surface area contributed by atoms with Crippen molar-refractivity contribution < 1.29 is 19.7 Å². The number of ether oxygens (including phenoxy) is 1. The fraction of sp³-hybridized carbons (Fsp3) is 0.667. The largest absolute Gasteiger partial charge is 0.469 e. The van der Waals surface area contributed by atoms with Gasteiger partial charge in [-0.1, -0.05) is 31.5 Å². The van der Waals surface area contributed by atoms with Crippen molar-refractivity contribution in [2.24, 2.45) is 11.3 Å². The van der Waals surface area contributed by atoms with Crippen LogP contribution in [0.15, 0.2) is 18.2 Å².